The molecule has 1 atom stereocenters. The number of amides is 1. The molecule has 1 aliphatic heterocycles. The molecular formula is C16H20FNO3. The Balaban J connectivity index is 1.83. The molecule has 0 saturated carbocycles. The van der Waals surface area contributed by atoms with Gasteiger partial charge in [-0.3, -0.25) is 9.59 Å². The maximum atomic E-state index is 12.8. The largest absolute Gasteiger partial charge is 0.396 e. The zero-order chi connectivity index (χ0) is 15.2. The number of benzene rings is 1. The van der Waals surface area contributed by atoms with Crippen molar-refractivity contribution in [3.63, 3.8) is 0 Å². The van der Waals surface area contributed by atoms with E-state index < -0.39 is 0 Å². The smallest absolute Gasteiger partial charge is 0.223 e. The number of Topliss-reactive ketones (excluding diaryl/α,β-unsaturated/α-hetero) is 1. The lowest BCUT2D eigenvalue weighted by atomic mass is 9.98. The van der Waals surface area contributed by atoms with Gasteiger partial charge in [0.1, 0.15) is 5.82 Å². The molecule has 5 heteroatoms. The number of halogens is 1. The Bertz CT molecular complexity index is 501. The number of rotatable bonds is 5. The minimum atomic E-state index is -0.383. The Kier molecular flexibility index (Phi) is 5.44. The van der Waals surface area contributed by atoms with Crippen molar-refractivity contribution in [3.05, 3.63) is 35.6 Å². The van der Waals surface area contributed by atoms with E-state index in [2.05, 4.69) is 0 Å². The van der Waals surface area contributed by atoms with Crippen LogP contribution in [0.3, 0.4) is 0 Å². The Morgan fingerprint density at radius 2 is 1.95 bits per heavy atom. The molecule has 1 aromatic carbocycles. The molecule has 1 heterocycles. The molecule has 1 amide bonds. The van der Waals surface area contributed by atoms with Gasteiger partial charge in [-0.15, -0.1) is 0 Å². The van der Waals surface area contributed by atoms with Gasteiger partial charge in [-0.05, 0) is 43.0 Å². The Morgan fingerprint density at radius 1 is 1.24 bits per heavy atom. The van der Waals surface area contributed by atoms with Crippen molar-refractivity contribution < 1.29 is 19.1 Å². The SMILES string of the molecule is O=C(CCC(=O)N1CCCC(CO)C1)c1ccc(F)cc1. The number of carbonyl (C=O) groups is 2. The first-order chi connectivity index (χ1) is 10.1. The maximum Gasteiger partial charge on any atom is 0.223 e. The molecule has 2 rings (SSSR count). The van der Waals surface area contributed by atoms with Crippen molar-refractivity contribution in [2.45, 2.75) is 25.7 Å². The third-order valence-corrected chi connectivity index (χ3v) is 3.86. The number of aliphatic hydroxyl groups is 1. The molecule has 4 nitrogen and oxygen atoms in total. The van der Waals surface area contributed by atoms with Gasteiger partial charge in [0.2, 0.25) is 5.91 Å². The first-order valence-electron chi connectivity index (χ1n) is 7.27. The molecular weight excluding hydrogens is 273 g/mol. The third-order valence-electron chi connectivity index (χ3n) is 3.86. The zero-order valence-electron chi connectivity index (χ0n) is 11.9. The fraction of sp³-hybridized carbons (Fsp3) is 0.500. The van der Waals surface area contributed by atoms with Gasteiger partial charge in [0, 0.05) is 38.1 Å². The van der Waals surface area contributed by atoms with Crippen LogP contribution in [0.1, 0.15) is 36.0 Å². The van der Waals surface area contributed by atoms with E-state index in [9.17, 15) is 14.0 Å². The lowest BCUT2D eigenvalue weighted by Crippen LogP contribution is -2.41. The van der Waals surface area contributed by atoms with Crippen LogP contribution in [0.5, 0.6) is 0 Å². The molecule has 1 N–H and O–H groups in total. The van der Waals surface area contributed by atoms with Crippen molar-refractivity contribution >= 4 is 11.7 Å². The van der Waals surface area contributed by atoms with Crippen LogP contribution in [0, 0.1) is 11.7 Å². The fourth-order valence-corrected chi connectivity index (χ4v) is 2.60. The van der Waals surface area contributed by atoms with E-state index in [1.165, 1.54) is 24.3 Å². The summed E-state index contributed by atoms with van der Waals surface area (Å²) in [5, 5.41) is 9.16. The van der Waals surface area contributed by atoms with Crippen LogP contribution in [-0.2, 0) is 4.79 Å². The minimum Gasteiger partial charge on any atom is -0.396 e. The summed E-state index contributed by atoms with van der Waals surface area (Å²) in [6.07, 6.45) is 2.12. The quantitative estimate of drug-likeness (QED) is 0.845. The molecule has 21 heavy (non-hydrogen) atoms. The number of hydrogen-bond acceptors (Lipinski definition) is 3. The average Bonchev–Trinajstić information content (AvgIpc) is 2.53. The Morgan fingerprint density at radius 3 is 2.62 bits per heavy atom. The van der Waals surface area contributed by atoms with E-state index in [0.29, 0.717) is 18.7 Å². The molecule has 114 valence electrons. The van der Waals surface area contributed by atoms with E-state index in [0.717, 1.165) is 12.8 Å². The summed E-state index contributed by atoms with van der Waals surface area (Å²) in [7, 11) is 0. The molecule has 0 aliphatic carbocycles. The summed E-state index contributed by atoms with van der Waals surface area (Å²) >= 11 is 0. The van der Waals surface area contributed by atoms with Crippen LogP contribution in [0.25, 0.3) is 0 Å². The van der Waals surface area contributed by atoms with E-state index in [1.807, 2.05) is 0 Å². The van der Waals surface area contributed by atoms with Crippen molar-refractivity contribution in [2.24, 2.45) is 5.92 Å². The molecule has 0 radical (unpaired) electrons. The fourth-order valence-electron chi connectivity index (χ4n) is 2.60. The number of aliphatic hydroxyl groups excluding tert-OH is 1. The molecule has 1 unspecified atom stereocenters. The highest BCUT2D eigenvalue weighted by atomic mass is 19.1. The third kappa shape index (κ3) is 4.36. The van der Waals surface area contributed by atoms with Gasteiger partial charge in [0.15, 0.2) is 5.78 Å². The Labute approximate surface area is 123 Å². The summed E-state index contributed by atoms with van der Waals surface area (Å²) in [6.45, 7) is 1.36. The molecule has 0 aromatic heterocycles. The highest BCUT2D eigenvalue weighted by Gasteiger charge is 2.23. The molecule has 1 fully saturated rings. The van der Waals surface area contributed by atoms with E-state index in [1.54, 1.807) is 4.90 Å². The Hall–Kier alpha value is -1.75. The van der Waals surface area contributed by atoms with Gasteiger partial charge in [-0.2, -0.15) is 0 Å². The van der Waals surface area contributed by atoms with Gasteiger partial charge >= 0.3 is 0 Å². The van der Waals surface area contributed by atoms with Crippen molar-refractivity contribution in [2.75, 3.05) is 19.7 Å². The summed E-state index contributed by atoms with van der Waals surface area (Å²) < 4.78 is 12.8. The second-order valence-electron chi connectivity index (χ2n) is 5.46. The van der Waals surface area contributed by atoms with Crippen LogP contribution >= 0.6 is 0 Å². The van der Waals surface area contributed by atoms with Gasteiger partial charge in [0.25, 0.3) is 0 Å². The lowest BCUT2D eigenvalue weighted by Gasteiger charge is -2.31. The van der Waals surface area contributed by atoms with Gasteiger partial charge in [-0.25, -0.2) is 4.39 Å². The van der Waals surface area contributed by atoms with Crippen LogP contribution in [0.4, 0.5) is 4.39 Å². The van der Waals surface area contributed by atoms with Crippen LogP contribution < -0.4 is 0 Å². The van der Waals surface area contributed by atoms with Gasteiger partial charge in [-0.1, -0.05) is 0 Å². The van der Waals surface area contributed by atoms with Crippen molar-refractivity contribution in [3.8, 4) is 0 Å². The highest BCUT2D eigenvalue weighted by molar-refractivity contribution is 5.97. The summed E-state index contributed by atoms with van der Waals surface area (Å²) in [5.41, 5.74) is 0.427. The van der Waals surface area contributed by atoms with Gasteiger partial charge in [0.05, 0.1) is 0 Å². The standard InChI is InChI=1S/C16H20FNO3/c17-14-5-3-13(4-6-14)15(20)7-8-16(21)18-9-1-2-12(10-18)11-19/h3-6,12,19H,1-2,7-11H2. The van der Waals surface area contributed by atoms with Crippen molar-refractivity contribution in [1.29, 1.82) is 0 Å². The second kappa shape index (κ2) is 7.31. The lowest BCUT2D eigenvalue weighted by molar-refractivity contribution is -0.133. The number of ketones is 1. The van der Waals surface area contributed by atoms with Crippen LogP contribution in [0.2, 0.25) is 0 Å². The van der Waals surface area contributed by atoms with Crippen LogP contribution in [0.15, 0.2) is 24.3 Å². The normalized spacial score (nSPS) is 18.6. The predicted octanol–water partition coefficient (Wildman–Crippen LogP) is 2.02. The zero-order valence-corrected chi connectivity index (χ0v) is 11.9. The topological polar surface area (TPSA) is 57.6 Å². The molecule has 1 aromatic rings. The highest BCUT2D eigenvalue weighted by Crippen LogP contribution is 2.17. The van der Waals surface area contributed by atoms with Crippen molar-refractivity contribution in [1.82, 2.24) is 4.90 Å². The number of hydrogen-bond donors (Lipinski definition) is 1. The van der Waals surface area contributed by atoms with E-state index in [-0.39, 0.29) is 42.9 Å². The number of piperidine rings is 1. The first-order valence-corrected chi connectivity index (χ1v) is 7.27. The molecule has 0 spiro atoms. The summed E-state index contributed by atoms with van der Waals surface area (Å²) in [6, 6.07) is 5.35. The molecule has 1 aliphatic rings. The monoisotopic (exact) mass is 293 g/mol. The summed E-state index contributed by atoms with van der Waals surface area (Å²) in [5.74, 6) is -0.441. The maximum absolute atomic E-state index is 12.8. The molecule has 1 saturated heterocycles. The second-order valence-corrected chi connectivity index (χ2v) is 5.46. The van der Waals surface area contributed by atoms with E-state index >= 15 is 0 Å². The predicted molar refractivity (Wildman–Crippen MR) is 76.4 cm³/mol. The first kappa shape index (κ1) is 15.6. The van der Waals surface area contributed by atoms with Gasteiger partial charge < -0.3 is 10.0 Å². The van der Waals surface area contributed by atoms with E-state index in [4.69, 9.17) is 5.11 Å². The average molecular weight is 293 g/mol. The minimum absolute atomic E-state index is 0.0522. The number of nitrogens with zero attached hydrogens (tertiary/aromatic N) is 1. The summed E-state index contributed by atoms with van der Waals surface area (Å²) in [4.78, 5) is 25.7. The molecule has 0 bridgehead atoms. The van der Waals surface area contributed by atoms with Crippen LogP contribution in [-0.4, -0.2) is 41.4 Å². The number of carbonyl (C=O) groups excluding carboxylic acids is 2. The number of likely N-dealkylation sites (tertiary alicyclic amines) is 1.